The Bertz CT molecular complexity index is 2580. The van der Waals surface area contributed by atoms with E-state index in [1.54, 1.807) is 0 Å². The van der Waals surface area contributed by atoms with Crippen molar-refractivity contribution in [2.75, 3.05) is 0 Å². The van der Waals surface area contributed by atoms with E-state index >= 15 is 0 Å². The van der Waals surface area contributed by atoms with Gasteiger partial charge in [0.1, 0.15) is 0 Å². The fraction of sp³-hybridized carbons (Fsp3) is 0. The third-order valence-corrected chi connectivity index (χ3v) is 9.10. The summed E-state index contributed by atoms with van der Waals surface area (Å²) in [4.78, 5) is 9.63. The lowest BCUT2D eigenvalue weighted by Crippen LogP contribution is -1.92. The predicted molar refractivity (Wildman–Crippen MR) is 194 cm³/mol. The van der Waals surface area contributed by atoms with E-state index in [0.717, 1.165) is 44.4 Å². The first kappa shape index (κ1) is 26.3. The number of hydrogen-bond acceptors (Lipinski definition) is 2. The van der Waals surface area contributed by atoms with Gasteiger partial charge in [0.25, 0.3) is 0 Å². The molecule has 0 N–H and O–H groups in total. The average molecular weight is 585 g/mol. The fourth-order valence-electron chi connectivity index (χ4n) is 6.82. The zero-order chi connectivity index (χ0) is 30.5. The van der Waals surface area contributed by atoms with Gasteiger partial charge in [0, 0.05) is 28.9 Å². The first-order valence-corrected chi connectivity index (χ1v) is 15.6. The number of nitrogens with zero attached hydrogens (tertiary/aromatic N) is 2. The van der Waals surface area contributed by atoms with Crippen molar-refractivity contribution >= 4 is 43.2 Å². The molecule has 9 rings (SSSR count). The van der Waals surface area contributed by atoms with E-state index in [1.807, 2.05) is 18.5 Å². The Labute approximate surface area is 267 Å². The summed E-state index contributed by atoms with van der Waals surface area (Å²) >= 11 is 0. The summed E-state index contributed by atoms with van der Waals surface area (Å²) < 4.78 is 0. The topological polar surface area (TPSA) is 25.8 Å². The zero-order valence-corrected chi connectivity index (χ0v) is 25.1. The maximum Gasteiger partial charge on any atom is 0.0716 e. The van der Waals surface area contributed by atoms with Crippen molar-refractivity contribution in [2.24, 2.45) is 0 Å². The number of benzene rings is 7. The molecule has 0 bridgehead atoms. The monoisotopic (exact) mass is 584 g/mol. The molecule has 0 spiro atoms. The molecule has 0 radical (unpaired) electrons. The minimum atomic E-state index is 0.962. The molecular formula is C44H28N2. The van der Waals surface area contributed by atoms with Gasteiger partial charge in [0.05, 0.1) is 11.2 Å². The van der Waals surface area contributed by atoms with Crippen LogP contribution in [0.25, 0.3) is 87.9 Å². The Morgan fingerprint density at radius 3 is 1.91 bits per heavy atom. The molecule has 7 aromatic carbocycles. The van der Waals surface area contributed by atoms with Gasteiger partial charge in [0.2, 0.25) is 0 Å². The molecule has 2 nitrogen and oxygen atoms in total. The molecule has 0 aliphatic carbocycles. The first-order valence-electron chi connectivity index (χ1n) is 15.6. The van der Waals surface area contributed by atoms with Crippen LogP contribution >= 0.6 is 0 Å². The lowest BCUT2D eigenvalue weighted by molar-refractivity contribution is 1.33. The van der Waals surface area contributed by atoms with Crippen LogP contribution < -0.4 is 0 Å². The first-order chi connectivity index (χ1) is 22.8. The van der Waals surface area contributed by atoms with Crippen molar-refractivity contribution in [3.05, 3.63) is 170 Å². The summed E-state index contributed by atoms with van der Waals surface area (Å²) in [5.41, 5.74) is 9.99. The van der Waals surface area contributed by atoms with Gasteiger partial charge >= 0.3 is 0 Å². The number of pyridine rings is 2. The molecule has 0 unspecified atom stereocenters. The van der Waals surface area contributed by atoms with Crippen molar-refractivity contribution in [1.82, 2.24) is 9.97 Å². The van der Waals surface area contributed by atoms with E-state index in [1.165, 1.54) is 43.4 Å². The Hall–Kier alpha value is -6.12. The normalized spacial score (nSPS) is 11.5. The van der Waals surface area contributed by atoms with Crippen LogP contribution in [-0.2, 0) is 0 Å². The minimum Gasteiger partial charge on any atom is -0.264 e. The average Bonchev–Trinajstić information content (AvgIpc) is 3.14. The van der Waals surface area contributed by atoms with E-state index in [-0.39, 0.29) is 0 Å². The second-order valence-electron chi connectivity index (χ2n) is 11.9. The molecule has 0 aliphatic rings. The second-order valence-corrected chi connectivity index (χ2v) is 11.9. The quantitative estimate of drug-likeness (QED) is 0.192. The summed E-state index contributed by atoms with van der Waals surface area (Å²) in [6, 6.07) is 56.7. The molecule has 2 aromatic heterocycles. The molecule has 214 valence electrons. The Kier molecular flexibility index (Phi) is 6.17. The molecule has 0 fully saturated rings. The molecule has 2 heterocycles. The third kappa shape index (κ3) is 4.51. The van der Waals surface area contributed by atoms with E-state index < -0.39 is 0 Å². The van der Waals surface area contributed by atoms with Crippen LogP contribution in [0.1, 0.15) is 0 Å². The highest BCUT2D eigenvalue weighted by atomic mass is 14.7. The third-order valence-electron chi connectivity index (χ3n) is 9.10. The minimum absolute atomic E-state index is 0.962. The van der Waals surface area contributed by atoms with Crippen molar-refractivity contribution in [2.45, 2.75) is 0 Å². The molecule has 0 saturated heterocycles. The molecular weight excluding hydrogens is 556 g/mol. The summed E-state index contributed by atoms with van der Waals surface area (Å²) in [6.45, 7) is 0. The molecule has 0 aliphatic heterocycles. The summed E-state index contributed by atoms with van der Waals surface area (Å²) in [6.07, 6.45) is 3.74. The SMILES string of the molecule is c1cncc(-c2cccc(-c3cc(-c4ccc5ccccc5c4)nc4ccc(-c5cc6ccccc6c6ccccc56)cc34)c2)c1. The van der Waals surface area contributed by atoms with Crippen LogP contribution in [0.4, 0.5) is 0 Å². The maximum absolute atomic E-state index is 5.26. The van der Waals surface area contributed by atoms with Gasteiger partial charge in [0.15, 0.2) is 0 Å². The van der Waals surface area contributed by atoms with Crippen LogP contribution in [0, 0.1) is 0 Å². The van der Waals surface area contributed by atoms with Crippen molar-refractivity contribution < 1.29 is 0 Å². The van der Waals surface area contributed by atoms with E-state index in [4.69, 9.17) is 4.98 Å². The van der Waals surface area contributed by atoms with Gasteiger partial charge in [-0.2, -0.15) is 0 Å². The van der Waals surface area contributed by atoms with Crippen molar-refractivity contribution in [3.63, 3.8) is 0 Å². The number of aromatic nitrogens is 2. The maximum atomic E-state index is 5.26. The number of fused-ring (bicyclic) bond motifs is 5. The largest absolute Gasteiger partial charge is 0.264 e. The van der Waals surface area contributed by atoms with Gasteiger partial charge in [-0.1, -0.05) is 115 Å². The highest BCUT2D eigenvalue weighted by molar-refractivity contribution is 6.14. The van der Waals surface area contributed by atoms with Crippen LogP contribution in [0.5, 0.6) is 0 Å². The van der Waals surface area contributed by atoms with Gasteiger partial charge in [-0.3, -0.25) is 4.98 Å². The van der Waals surface area contributed by atoms with Crippen LogP contribution in [0.3, 0.4) is 0 Å². The van der Waals surface area contributed by atoms with Crippen LogP contribution in [0.2, 0.25) is 0 Å². The summed E-state index contributed by atoms with van der Waals surface area (Å²) in [5.74, 6) is 0. The van der Waals surface area contributed by atoms with Crippen molar-refractivity contribution in [1.29, 1.82) is 0 Å². The molecule has 0 saturated carbocycles. The van der Waals surface area contributed by atoms with Gasteiger partial charge in [-0.15, -0.1) is 0 Å². The van der Waals surface area contributed by atoms with E-state index in [9.17, 15) is 0 Å². The predicted octanol–water partition coefficient (Wildman–Crippen LogP) is 11.8. The van der Waals surface area contributed by atoms with Crippen LogP contribution in [0.15, 0.2) is 170 Å². The van der Waals surface area contributed by atoms with Crippen molar-refractivity contribution in [3.8, 4) is 44.6 Å². The molecule has 9 aromatic rings. The number of hydrogen-bond donors (Lipinski definition) is 0. The van der Waals surface area contributed by atoms with Gasteiger partial charge in [-0.25, -0.2) is 4.98 Å². The van der Waals surface area contributed by atoms with Crippen LogP contribution in [-0.4, -0.2) is 9.97 Å². The highest BCUT2D eigenvalue weighted by Crippen LogP contribution is 2.39. The fourth-order valence-corrected chi connectivity index (χ4v) is 6.82. The highest BCUT2D eigenvalue weighted by Gasteiger charge is 2.15. The molecule has 46 heavy (non-hydrogen) atoms. The Morgan fingerprint density at radius 1 is 0.348 bits per heavy atom. The van der Waals surface area contributed by atoms with Gasteiger partial charge < -0.3 is 0 Å². The second kappa shape index (κ2) is 10.8. The Morgan fingerprint density at radius 2 is 1.04 bits per heavy atom. The molecule has 0 amide bonds. The lowest BCUT2D eigenvalue weighted by atomic mass is 9.90. The lowest BCUT2D eigenvalue weighted by Gasteiger charge is -2.15. The summed E-state index contributed by atoms with van der Waals surface area (Å²) in [5, 5.41) is 8.60. The smallest absolute Gasteiger partial charge is 0.0716 e. The van der Waals surface area contributed by atoms with E-state index in [0.29, 0.717) is 0 Å². The van der Waals surface area contributed by atoms with E-state index in [2.05, 4.69) is 157 Å². The standard InChI is InChI=1S/C44H28N2/c1-2-10-30-24-35(19-18-29(30)9-1)44-27-41(32-13-7-12-31(23-32)36-14-8-22-45-28-36)42-26-34(20-21-43(42)46-44)40-25-33-11-3-4-15-37(33)38-16-5-6-17-39(38)40/h1-28H. The van der Waals surface area contributed by atoms with Gasteiger partial charge in [-0.05, 0) is 103 Å². The zero-order valence-electron chi connectivity index (χ0n) is 25.1. The number of rotatable bonds is 4. The molecule has 0 atom stereocenters. The summed E-state index contributed by atoms with van der Waals surface area (Å²) in [7, 11) is 0. The Balaban J connectivity index is 1.30. The molecule has 2 heteroatoms.